The number of rotatable bonds is 1. The summed E-state index contributed by atoms with van der Waals surface area (Å²) >= 11 is 4.20. The molecule has 0 nitrogen and oxygen atoms in total. The first-order chi connectivity index (χ1) is 6.81. The molecule has 1 aromatic carbocycles. The van der Waals surface area contributed by atoms with Crippen LogP contribution in [0.5, 0.6) is 0 Å². The Morgan fingerprint density at radius 2 is 1.57 bits per heavy atom. The molecule has 0 N–H and O–H groups in total. The van der Waals surface area contributed by atoms with Crippen LogP contribution in [0.2, 0.25) is 0 Å². The van der Waals surface area contributed by atoms with Gasteiger partial charge >= 0.3 is 0 Å². The van der Waals surface area contributed by atoms with Gasteiger partial charge in [0.2, 0.25) is 0 Å². The minimum absolute atomic E-state index is 0.289. The molecule has 0 aliphatic carbocycles. The van der Waals surface area contributed by atoms with Crippen LogP contribution in [0.15, 0.2) is 30.3 Å². The summed E-state index contributed by atoms with van der Waals surface area (Å²) in [4.78, 5) is 0. The van der Waals surface area contributed by atoms with Crippen molar-refractivity contribution < 1.29 is 0 Å². The highest BCUT2D eigenvalue weighted by atomic mass is 32.2. The molecule has 1 heterocycles. The lowest BCUT2D eigenvalue weighted by Crippen LogP contribution is -2.12. The third kappa shape index (κ3) is 2.29. The van der Waals surface area contributed by atoms with Crippen LogP contribution < -0.4 is 0 Å². The Kier molecular flexibility index (Phi) is 3.45. The van der Waals surface area contributed by atoms with E-state index in [0.29, 0.717) is 0 Å². The van der Waals surface area contributed by atoms with E-state index in [1.54, 1.807) is 0 Å². The lowest BCUT2D eigenvalue weighted by molar-refractivity contribution is 0.912. The molecule has 0 bridgehead atoms. The first-order valence-corrected chi connectivity index (χ1v) is 7.12. The van der Waals surface area contributed by atoms with Crippen LogP contribution in [-0.4, -0.2) is 11.5 Å². The number of benzene rings is 1. The summed E-state index contributed by atoms with van der Waals surface area (Å²) in [5.41, 5.74) is 1.47. The Morgan fingerprint density at radius 1 is 1.00 bits per heavy atom. The molecule has 1 aromatic rings. The standard InChI is InChI=1S/C12H16S2/c1-12(11-7-3-2-4-8-11)13-9-5-6-10-14-12/h2-4,7-8H,5-6,9-10H2,1H3. The fourth-order valence-electron chi connectivity index (χ4n) is 1.69. The van der Waals surface area contributed by atoms with E-state index in [-0.39, 0.29) is 4.08 Å². The molecule has 1 saturated heterocycles. The Balaban J connectivity index is 2.21. The molecule has 0 unspecified atom stereocenters. The van der Waals surface area contributed by atoms with Gasteiger partial charge in [0.05, 0.1) is 4.08 Å². The molecular formula is C12H16S2. The average molecular weight is 224 g/mol. The second kappa shape index (κ2) is 4.63. The molecule has 1 fully saturated rings. The number of hydrogen-bond donors (Lipinski definition) is 0. The first kappa shape index (κ1) is 10.4. The molecule has 76 valence electrons. The zero-order valence-electron chi connectivity index (χ0n) is 8.53. The Hall–Kier alpha value is -0.0800. The van der Waals surface area contributed by atoms with E-state index in [0.717, 1.165) is 0 Å². The van der Waals surface area contributed by atoms with E-state index in [9.17, 15) is 0 Å². The summed E-state index contributed by atoms with van der Waals surface area (Å²) in [6, 6.07) is 10.9. The topological polar surface area (TPSA) is 0 Å². The fraction of sp³-hybridized carbons (Fsp3) is 0.500. The normalized spacial score (nSPS) is 21.5. The number of thioether (sulfide) groups is 2. The van der Waals surface area contributed by atoms with E-state index >= 15 is 0 Å². The Bertz CT molecular complexity index is 274. The minimum Gasteiger partial charge on any atom is -0.140 e. The third-order valence-electron chi connectivity index (χ3n) is 2.59. The van der Waals surface area contributed by atoms with Crippen molar-refractivity contribution in [1.82, 2.24) is 0 Å². The highest BCUT2D eigenvalue weighted by Crippen LogP contribution is 2.48. The maximum atomic E-state index is 2.36. The molecule has 2 rings (SSSR count). The van der Waals surface area contributed by atoms with Crippen molar-refractivity contribution in [1.29, 1.82) is 0 Å². The van der Waals surface area contributed by atoms with Gasteiger partial charge in [-0.1, -0.05) is 30.3 Å². The van der Waals surface area contributed by atoms with Gasteiger partial charge in [0, 0.05) is 0 Å². The average Bonchev–Trinajstić information content (AvgIpc) is 2.46. The van der Waals surface area contributed by atoms with Gasteiger partial charge in [-0.15, -0.1) is 23.5 Å². The van der Waals surface area contributed by atoms with Gasteiger partial charge < -0.3 is 0 Å². The van der Waals surface area contributed by atoms with Crippen LogP contribution in [0.3, 0.4) is 0 Å². The predicted molar refractivity (Wildman–Crippen MR) is 67.9 cm³/mol. The zero-order chi connectivity index (χ0) is 9.86. The second-order valence-corrected chi connectivity index (χ2v) is 7.00. The third-order valence-corrected chi connectivity index (χ3v) is 5.86. The van der Waals surface area contributed by atoms with Gasteiger partial charge in [0.1, 0.15) is 0 Å². The smallest absolute Gasteiger partial charge is 0.0832 e. The molecule has 0 saturated carbocycles. The largest absolute Gasteiger partial charge is 0.140 e. The van der Waals surface area contributed by atoms with Gasteiger partial charge in [0.25, 0.3) is 0 Å². The SMILES string of the molecule is CC1(c2ccccc2)SCCCCS1. The molecule has 0 aromatic heterocycles. The highest BCUT2D eigenvalue weighted by molar-refractivity contribution is 8.17. The van der Waals surface area contributed by atoms with E-state index < -0.39 is 0 Å². The van der Waals surface area contributed by atoms with Crippen LogP contribution in [-0.2, 0) is 4.08 Å². The molecule has 0 radical (unpaired) electrons. The minimum atomic E-state index is 0.289. The van der Waals surface area contributed by atoms with Gasteiger partial charge in [-0.25, -0.2) is 0 Å². The Morgan fingerprint density at radius 3 is 2.14 bits per heavy atom. The summed E-state index contributed by atoms with van der Waals surface area (Å²) in [5, 5.41) is 0. The second-order valence-electron chi connectivity index (χ2n) is 3.72. The number of hydrogen-bond acceptors (Lipinski definition) is 2. The van der Waals surface area contributed by atoms with Crippen molar-refractivity contribution in [2.24, 2.45) is 0 Å². The van der Waals surface area contributed by atoms with E-state index in [2.05, 4.69) is 60.8 Å². The van der Waals surface area contributed by atoms with E-state index in [1.165, 1.54) is 29.9 Å². The van der Waals surface area contributed by atoms with Gasteiger partial charge in [-0.3, -0.25) is 0 Å². The maximum Gasteiger partial charge on any atom is 0.0832 e. The van der Waals surface area contributed by atoms with E-state index in [4.69, 9.17) is 0 Å². The molecule has 1 aliphatic rings. The molecule has 0 atom stereocenters. The van der Waals surface area contributed by atoms with Crippen molar-refractivity contribution in [3.8, 4) is 0 Å². The first-order valence-electron chi connectivity index (χ1n) is 5.15. The quantitative estimate of drug-likeness (QED) is 0.704. The molecule has 2 heteroatoms. The summed E-state index contributed by atoms with van der Waals surface area (Å²) in [7, 11) is 0. The van der Waals surface area contributed by atoms with Crippen LogP contribution >= 0.6 is 23.5 Å². The van der Waals surface area contributed by atoms with Crippen molar-refractivity contribution in [2.45, 2.75) is 23.8 Å². The molecular weight excluding hydrogens is 208 g/mol. The van der Waals surface area contributed by atoms with Crippen molar-refractivity contribution >= 4 is 23.5 Å². The van der Waals surface area contributed by atoms with Gasteiger partial charge in [0.15, 0.2) is 0 Å². The zero-order valence-corrected chi connectivity index (χ0v) is 10.2. The Labute approximate surface area is 94.9 Å². The predicted octanol–water partition coefficient (Wildman–Crippen LogP) is 4.12. The molecule has 0 amide bonds. The fourth-order valence-corrected chi connectivity index (χ4v) is 4.60. The summed E-state index contributed by atoms with van der Waals surface area (Å²) in [6.07, 6.45) is 2.75. The molecule has 14 heavy (non-hydrogen) atoms. The molecule has 1 aliphatic heterocycles. The van der Waals surface area contributed by atoms with Crippen LogP contribution in [0.1, 0.15) is 25.3 Å². The van der Waals surface area contributed by atoms with Gasteiger partial charge in [-0.05, 0) is 36.8 Å². The van der Waals surface area contributed by atoms with Crippen molar-refractivity contribution in [2.75, 3.05) is 11.5 Å². The van der Waals surface area contributed by atoms with Crippen LogP contribution in [0.4, 0.5) is 0 Å². The van der Waals surface area contributed by atoms with E-state index in [1.807, 2.05) is 0 Å². The summed E-state index contributed by atoms with van der Waals surface area (Å²) in [6.45, 7) is 2.36. The monoisotopic (exact) mass is 224 g/mol. The lowest BCUT2D eigenvalue weighted by atomic mass is 10.2. The lowest BCUT2D eigenvalue weighted by Gasteiger charge is -2.27. The van der Waals surface area contributed by atoms with Crippen LogP contribution in [0.25, 0.3) is 0 Å². The molecule has 0 spiro atoms. The highest BCUT2D eigenvalue weighted by Gasteiger charge is 2.28. The van der Waals surface area contributed by atoms with Crippen molar-refractivity contribution in [3.05, 3.63) is 35.9 Å². The van der Waals surface area contributed by atoms with Crippen molar-refractivity contribution in [3.63, 3.8) is 0 Å². The van der Waals surface area contributed by atoms with Gasteiger partial charge in [-0.2, -0.15) is 0 Å². The maximum absolute atomic E-state index is 2.36. The summed E-state index contributed by atoms with van der Waals surface area (Å²) < 4.78 is 0.289. The van der Waals surface area contributed by atoms with Crippen LogP contribution in [0, 0.1) is 0 Å². The summed E-state index contributed by atoms with van der Waals surface area (Å²) in [5.74, 6) is 2.61.